The van der Waals surface area contributed by atoms with Crippen LogP contribution < -0.4 is 0 Å². The largest absolute Gasteiger partial charge is 0.300 e. The Hall–Kier alpha value is -0.370. The van der Waals surface area contributed by atoms with Crippen LogP contribution in [0.1, 0.15) is 47.0 Å². The molecule has 1 unspecified atom stereocenters. The van der Waals surface area contributed by atoms with E-state index in [4.69, 9.17) is 0 Å². The van der Waals surface area contributed by atoms with E-state index < -0.39 is 0 Å². The zero-order valence-corrected chi connectivity index (χ0v) is 9.97. The van der Waals surface area contributed by atoms with Crippen molar-refractivity contribution in [1.29, 1.82) is 0 Å². The van der Waals surface area contributed by atoms with Gasteiger partial charge in [-0.25, -0.2) is 0 Å². The first-order chi connectivity index (χ1) is 6.53. The van der Waals surface area contributed by atoms with Gasteiger partial charge in [0.1, 0.15) is 5.78 Å². The van der Waals surface area contributed by atoms with Crippen molar-refractivity contribution in [1.82, 2.24) is 4.90 Å². The summed E-state index contributed by atoms with van der Waals surface area (Å²) >= 11 is 0. The van der Waals surface area contributed by atoms with Gasteiger partial charge in [-0.3, -0.25) is 9.69 Å². The molecule has 0 amide bonds. The van der Waals surface area contributed by atoms with E-state index in [2.05, 4.69) is 25.7 Å². The van der Waals surface area contributed by atoms with Gasteiger partial charge in [0, 0.05) is 18.0 Å². The Balaban J connectivity index is 2.60. The zero-order valence-electron chi connectivity index (χ0n) is 9.97. The fourth-order valence-electron chi connectivity index (χ4n) is 2.28. The Morgan fingerprint density at radius 2 is 2.00 bits per heavy atom. The molecule has 82 valence electrons. The van der Waals surface area contributed by atoms with Crippen LogP contribution >= 0.6 is 0 Å². The molecule has 0 bridgehead atoms. The van der Waals surface area contributed by atoms with Crippen LogP contribution in [-0.2, 0) is 4.79 Å². The maximum atomic E-state index is 11.3. The molecule has 0 spiro atoms. The van der Waals surface area contributed by atoms with Crippen LogP contribution in [0.4, 0.5) is 0 Å². The first kappa shape index (κ1) is 11.7. The van der Waals surface area contributed by atoms with Crippen LogP contribution in [0.3, 0.4) is 0 Å². The molecule has 2 nitrogen and oxygen atoms in total. The summed E-state index contributed by atoms with van der Waals surface area (Å²) in [6.45, 7) is 10.6. The Morgan fingerprint density at radius 3 is 2.36 bits per heavy atom. The van der Waals surface area contributed by atoms with E-state index in [1.54, 1.807) is 6.92 Å². The molecule has 1 atom stereocenters. The van der Waals surface area contributed by atoms with E-state index in [9.17, 15) is 4.79 Å². The summed E-state index contributed by atoms with van der Waals surface area (Å²) in [4.78, 5) is 13.8. The number of hydrogen-bond donors (Lipinski definition) is 0. The van der Waals surface area contributed by atoms with Gasteiger partial charge in [-0.05, 0) is 39.7 Å². The van der Waals surface area contributed by atoms with Gasteiger partial charge in [0.2, 0.25) is 0 Å². The first-order valence-electron chi connectivity index (χ1n) is 5.79. The molecule has 0 aromatic carbocycles. The van der Waals surface area contributed by atoms with Crippen LogP contribution in [0.15, 0.2) is 0 Å². The van der Waals surface area contributed by atoms with Gasteiger partial charge in [0.25, 0.3) is 0 Å². The molecule has 0 radical (unpaired) electrons. The van der Waals surface area contributed by atoms with Crippen molar-refractivity contribution >= 4 is 5.78 Å². The summed E-state index contributed by atoms with van der Waals surface area (Å²) in [5.41, 5.74) is 0.310. The number of carbonyl (C=O) groups is 1. The van der Waals surface area contributed by atoms with Crippen molar-refractivity contribution in [2.45, 2.75) is 52.5 Å². The molecule has 1 fully saturated rings. The smallest absolute Gasteiger partial charge is 0.134 e. The predicted molar refractivity (Wildman–Crippen MR) is 59.3 cm³/mol. The lowest BCUT2D eigenvalue weighted by atomic mass is 9.93. The second-order valence-corrected chi connectivity index (χ2v) is 4.75. The Bertz CT molecular complexity index is 208. The summed E-state index contributed by atoms with van der Waals surface area (Å²) in [5, 5.41) is 0. The van der Waals surface area contributed by atoms with E-state index in [1.807, 2.05) is 0 Å². The number of carbonyl (C=O) groups excluding carboxylic acids is 1. The van der Waals surface area contributed by atoms with Gasteiger partial charge in [-0.15, -0.1) is 0 Å². The first-order valence-corrected chi connectivity index (χ1v) is 5.79. The molecule has 14 heavy (non-hydrogen) atoms. The second-order valence-electron chi connectivity index (χ2n) is 4.75. The van der Waals surface area contributed by atoms with Crippen molar-refractivity contribution in [3.63, 3.8) is 0 Å². The molecule has 1 rings (SSSR count). The van der Waals surface area contributed by atoms with E-state index >= 15 is 0 Å². The molecular weight excluding hydrogens is 174 g/mol. The van der Waals surface area contributed by atoms with Gasteiger partial charge in [0.15, 0.2) is 0 Å². The summed E-state index contributed by atoms with van der Waals surface area (Å²) < 4.78 is 0. The van der Waals surface area contributed by atoms with Crippen LogP contribution in [0, 0.1) is 5.92 Å². The number of rotatable bonds is 4. The van der Waals surface area contributed by atoms with Gasteiger partial charge < -0.3 is 0 Å². The molecule has 1 aliphatic rings. The van der Waals surface area contributed by atoms with Crippen molar-refractivity contribution in [2.24, 2.45) is 5.92 Å². The lowest BCUT2D eigenvalue weighted by Crippen LogP contribution is -2.44. The van der Waals surface area contributed by atoms with Crippen LogP contribution in [-0.4, -0.2) is 29.3 Å². The third-order valence-corrected chi connectivity index (χ3v) is 4.05. The molecule has 0 aliphatic carbocycles. The monoisotopic (exact) mass is 197 g/mol. The van der Waals surface area contributed by atoms with Crippen LogP contribution in [0.5, 0.6) is 0 Å². The van der Waals surface area contributed by atoms with E-state index in [-0.39, 0.29) is 0 Å². The van der Waals surface area contributed by atoms with Gasteiger partial charge in [-0.2, -0.15) is 0 Å². The minimum absolute atomic E-state index is 0.299. The molecule has 1 saturated heterocycles. The van der Waals surface area contributed by atoms with Crippen LogP contribution in [0.2, 0.25) is 0 Å². The highest BCUT2D eigenvalue weighted by Gasteiger charge is 2.35. The fourth-order valence-corrected chi connectivity index (χ4v) is 2.28. The summed E-state index contributed by atoms with van der Waals surface area (Å²) in [5.74, 6) is 0.662. The van der Waals surface area contributed by atoms with Crippen molar-refractivity contribution in [3.8, 4) is 0 Å². The molecule has 0 saturated carbocycles. The number of Topliss-reactive ketones (excluding diaryl/α,β-unsaturated/α-hetero) is 1. The number of hydrogen-bond acceptors (Lipinski definition) is 2. The van der Waals surface area contributed by atoms with Gasteiger partial charge >= 0.3 is 0 Å². The van der Waals surface area contributed by atoms with Crippen molar-refractivity contribution in [3.05, 3.63) is 0 Å². The van der Waals surface area contributed by atoms with Crippen molar-refractivity contribution in [2.75, 3.05) is 13.1 Å². The zero-order chi connectivity index (χ0) is 10.8. The van der Waals surface area contributed by atoms with E-state index in [1.165, 1.54) is 12.8 Å². The SMILES string of the molecule is CCC(C)(CC)N1CCC(C(C)=O)C1. The Kier molecular flexibility index (Phi) is 3.71. The van der Waals surface area contributed by atoms with Gasteiger partial charge in [0.05, 0.1) is 0 Å². The number of nitrogens with zero attached hydrogens (tertiary/aromatic N) is 1. The molecule has 0 N–H and O–H groups in total. The Labute approximate surface area is 87.7 Å². The fraction of sp³-hybridized carbons (Fsp3) is 0.917. The number of ketones is 1. The topological polar surface area (TPSA) is 20.3 Å². The maximum absolute atomic E-state index is 11.3. The molecule has 2 heteroatoms. The highest BCUT2D eigenvalue weighted by atomic mass is 16.1. The summed E-state index contributed by atoms with van der Waals surface area (Å²) in [7, 11) is 0. The minimum Gasteiger partial charge on any atom is -0.300 e. The van der Waals surface area contributed by atoms with Gasteiger partial charge in [-0.1, -0.05) is 13.8 Å². The number of likely N-dealkylation sites (tertiary alicyclic amines) is 1. The third kappa shape index (κ3) is 2.17. The molecule has 1 aliphatic heterocycles. The average molecular weight is 197 g/mol. The summed E-state index contributed by atoms with van der Waals surface area (Å²) in [6.07, 6.45) is 3.41. The van der Waals surface area contributed by atoms with Crippen molar-refractivity contribution < 1.29 is 4.79 Å². The molecule has 0 aromatic heterocycles. The Morgan fingerprint density at radius 1 is 1.43 bits per heavy atom. The highest BCUT2D eigenvalue weighted by Crippen LogP contribution is 2.30. The predicted octanol–water partition coefficient (Wildman–Crippen LogP) is 2.48. The average Bonchev–Trinajstić information content (AvgIpc) is 2.66. The standard InChI is InChI=1S/C12H23NO/c1-5-12(4,6-2)13-8-7-11(9-13)10(3)14/h11H,5-9H2,1-4H3. The molecule has 1 heterocycles. The molecule has 0 aromatic rings. The van der Waals surface area contributed by atoms with Crippen LogP contribution in [0.25, 0.3) is 0 Å². The minimum atomic E-state index is 0.299. The highest BCUT2D eigenvalue weighted by molar-refractivity contribution is 5.78. The quantitative estimate of drug-likeness (QED) is 0.690. The van der Waals surface area contributed by atoms with E-state index in [0.717, 1.165) is 19.5 Å². The third-order valence-electron chi connectivity index (χ3n) is 4.05. The summed E-state index contributed by atoms with van der Waals surface area (Å²) in [6, 6.07) is 0. The lowest BCUT2D eigenvalue weighted by molar-refractivity contribution is -0.120. The molecular formula is C12H23NO. The van der Waals surface area contributed by atoms with E-state index in [0.29, 0.717) is 17.2 Å². The second kappa shape index (κ2) is 4.43. The normalized spacial score (nSPS) is 24.1. The maximum Gasteiger partial charge on any atom is 0.134 e. The lowest BCUT2D eigenvalue weighted by Gasteiger charge is -2.37.